The van der Waals surface area contributed by atoms with E-state index in [9.17, 15) is 19.2 Å². The highest BCUT2D eigenvalue weighted by molar-refractivity contribution is 6.00. The number of benzene rings is 1. The number of hydrogen-bond donors (Lipinski definition) is 0. The van der Waals surface area contributed by atoms with E-state index in [4.69, 9.17) is 28.4 Å². The Labute approximate surface area is 401 Å². The maximum atomic E-state index is 15.1. The van der Waals surface area contributed by atoms with Crippen molar-refractivity contribution < 1.29 is 52.4 Å². The lowest BCUT2D eigenvalue weighted by Crippen LogP contribution is -2.61. The number of Topliss-reactive ketones (excluding diaryl/α,β-unsaturated/α-hetero) is 2. The standard InChI is InChI=1S/C52H71N5O11/c1-12-23-52-41(13-2)65-47(60)36(7)43(59)35(6)46(67-49-44(40(55(9)10)27-33(4)64-49)66-48(61)37-20-15-14-16-21-37)51(8,63-11)28-32(3)42(58)34(5)45(52)57(50(62)68-52)26-18-17-25-56-30-39(54-31-56)38-22-19-24-53-29-38/h12,14-16,19-24,29-36,40-41,44-46,49H,13,17-18,25-28H2,1-11H3/t32-,33-,34+,35+,36-,40+,41-,44-,45-,46-,49?,51+,52-/m1/s1. The van der Waals surface area contributed by atoms with Gasteiger partial charge in [0.25, 0.3) is 0 Å². The van der Waals surface area contributed by atoms with Gasteiger partial charge in [0.05, 0.1) is 47.5 Å². The Morgan fingerprint density at radius 3 is 2.34 bits per heavy atom. The highest BCUT2D eigenvalue weighted by Gasteiger charge is 2.61. The fourth-order valence-electron chi connectivity index (χ4n) is 10.5. The number of ketones is 2. The van der Waals surface area contributed by atoms with Crippen LogP contribution in [0.25, 0.3) is 11.3 Å². The Balaban J connectivity index is 1.33. The molecule has 370 valence electrons. The molecule has 0 bridgehead atoms. The number of aromatic nitrogens is 3. The van der Waals surface area contributed by atoms with Gasteiger partial charge in [-0.1, -0.05) is 52.0 Å². The van der Waals surface area contributed by atoms with E-state index < -0.39 is 89.3 Å². The number of rotatable bonds is 14. The Bertz CT molecular complexity index is 2240. The summed E-state index contributed by atoms with van der Waals surface area (Å²) in [4.78, 5) is 84.4. The van der Waals surface area contributed by atoms with Crippen LogP contribution in [-0.4, -0.2) is 136 Å². The van der Waals surface area contributed by atoms with Gasteiger partial charge in [-0.2, -0.15) is 0 Å². The number of unbranched alkanes of at least 4 members (excludes halogenated alkanes) is 1. The van der Waals surface area contributed by atoms with Crippen LogP contribution in [0.1, 0.15) is 97.9 Å². The number of fused-ring (bicyclic) bond motifs is 1. The molecule has 68 heavy (non-hydrogen) atoms. The quantitative estimate of drug-likeness (QED) is 0.0515. The van der Waals surface area contributed by atoms with Gasteiger partial charge >= 0.3 is 18.0 Å². The molecule has 1 unspecified atom stereocenters. The monoisotopic (exact) mass is 942 g/mol. The maximum Gasteiger partial charge on any atom is 0.411 e. The summed E-state index contributed by atoms with van der Waals surface area (Å²) in [5.74, 6) is -5.95. The molecule has 1 amide bonds. The molecule has 0 saturated carbocycles. The smallest absolute Gasteiger partial charge is 0.411 e. The van der Waals surface area contributed by atoms with Crippen molar-refractivity contribution >= 4 is 29.6 Å². The number of imidazole rings is 1. The number of allylic oxidation sites excluding steroid dienone is 1. The van der Waals surface area contributed by atoms with Crippen molar-refractivity contribution in [3.8, 4) is 11.3 Å². The van der Waals surface area contributed by atoms with Crippen LogP contribution in [0.15, 0.2) is 79.5 Å². The van der Waals surface area contributed by atoms with Crippen LogP contribution in [0.2, 0.25) is 0 Å². The number of ether oxygens (including phenoxy) is 6. The minimum Gasteiger partial charge on any atom is -0.457 e. The summed E-state index contributed by atoms with van der Waals surface area (Å²) in [7, 11) is 5.27. The topological polar surface area (TPSA) is 178 Å². The lowest BCUT2D eigenvalue weighted by molar-refractivity contribution is -0.294. The van der Waals surface area contributed by atoms with E-state index in [2.05, 4.69) is 9.97 Å². The average molecular weight is 942 g/mol. The zero-order valence-corrected chi connectivity index (χ0v) is 41.5. The third-order valence-corrected chi connectivity index (χ3v) is 14.2. The summed E-state index contributed by atoms with van der Waals surface area (Å²) in [6, 6.07) is 11.2. The van der Waals surface area contributed by atoms with E-state index in [0.29, 0.717) is 31.4 Å². The normalized spacial score (nSPS) is 33.0. The van der Waals surface area contributed by atoms with E-state index in [0.717, 1.165) is 11.3 Å². The van der Waals surface area contributed by atoms with Crippen LogP contribution >= 0.6 is 0 Å². The van der Waals surface area contributed by atoms with Crippen molar-refractivity contribution in [2.75, 3.05) is 27.7 Å². The molecule has 3 fully saturated rings. The second kappa shape index (κ2) is 22.4. The van der Waals surface area contributed by atoms with Crippen LogP contribution in [0.3, 0.4) is 0 Å². The highest BCUT2D eigenvalue weighted by atomic mass is 16.7. The number of amides is 1. The molecule has 3 saturated heterocycles. The average Bonchev–Trinajstić information content (AvgIpc) is 3.92. The zero-order valence-electron chi connectivity index (χ0n) is 41.5. The van der Waals surface area contributed by atoms with Crippen molar-refractivity contribution in [3.63, 3.8) is 0 Å². The van der Waals surface area contributed by atoms with Gasteiger partial charge in [0.15, 0.2) is 23.8 Å². The van der Waals surface area contributed by atoms with E-state index in [1.54, 1.807) is 101 Å². The lowest BCUT2D eigenvalue weighted by Gasteiger charge is -2.47. The summed E-state index contributed by atoms with van der Waals surface area (Å²) < 4.78 is 40.6. The van der Waals surface area contributed by atoms with Crippen molar-refractivity contribution in [1.82, 2.24) is 24.3 Å². The molecule has 2 aromatic heterocycles. The number of cyclic esters (lactones) is 1. The number of esters is 2. The fourth-order valence-corrected chi connectivity index (χ4v) is 10.5. The van der Waals surface area contributed by atoms with Gasteiger partial charge in [-0.05, 0) is 104 Å². The van der Waals surface area contributed by atoms with Crippen LogP contribution < -0.4 is 0 Å². The van der Waals surface area contributed by atoms with E-state index in [1.165, 1.54) is 14.0 Å². The molecule has 3 aliphatic heterocycles. The molecule has 0 radical (unpaired) electrons. The predicted octanol–water partition coefficient (Wildman–Crippen LogP) is 7.35. The van der Waals surface area contributed by atoms with Gasteiger partial charge in [-0.15, -0.1) is 0 Å². The number of methoxy groups -OCH3 is 1. The summed E-state index contributed by atoms with van der Waals surface area (Å²) in [6.45, 7) is 14.9. The largest absolute Gasteiger partial charge is 0.457 e. The predicted molar refractivity (Wildman–Crippen MR) is 253 cm³/mol. The molecule has 13 atom stereocenters. The fraction of sp³-hybridized carbons (Fsp3) is 0.596. The van der Waals surface area contributed by atoms with Gasteiger partial charge in [-0.25, -0.2) is 14.6 Å². The van der Waals surface area contributed by atoms with Crippen molar-refractivity contribution in [2.45, 2.75) is 148 Å². The molecular formula is C52H71N5O11. The number of carbonyl (C=O) groups excluding carboxylic acids is 5. The second-order valence-electron chi connectivity index (χ2n) is 19.2. The van der Waals surface area contributed by atoms with E-state index >= 15 is 4.79 Å². The third kappa shape index (κ3) is 11.1. The Hall–Kier alpha value is -5.29. The van der Waals surface area contributed by atoms with Crippen LogP contribution in [0, 0.1) is 23.7 Å². The molecule has 1 aromatic carbocycles. The molecule has 3 aromatic rings. The molecule has 0 aliphatic carbocycles. The number of hydrogen-bond acceptors (Lipinski definition) is 14. The summed E-state index contributed by atoms with van der Waals surface area (Å²) in [6.07, 6.45) is 7.39. The van der Waals surface area contributed by atoms with Crippen molar-refractivity contribution in [2.24, 2.45) is 23.7 Å². The second-order valence-corrected chi connectivity index (χ2v) is 19.2. The SMILES string of the molecule is CC=C[C@]12OC(=O)N(CCCCn3cnc(-c4cccnc4)c3)[C@@H]1[C@@H](C)C(=O)[C@H](C)C[C@](C)(OC)[C@H](OC1O[C@H](C)C[C@H](N(C)C)[C@H]1OC(=O)c1ccccc1)[C@@H](C)C(=O)[C@@H](C)C(=O)O[C@@H]2CC. The van der Waals surface area contributed by atoms with Crippen LogP contribution in [0.5, 0.6) is 0 Å². The van der Waals surface area contributed by atoms with Gasteiger partial charge < -0.3 is 37.9 Å². The van der Waals surface area contributed by atoms with E-state index in [1.807, 2.05) is 55.7 Å². The van der Waals surface area contributed by atoms with Crippen molar-refractivity contribution in [3.05, 3.63) is 85.1 Å². The van der Waals surface area contributed by atoms with Crippen molar-refractivity contribution in [1.29, 1.82) is 0 Å². The molecule has 6 rings (SSSR count). The minimum absolute atomic E-state index is 0.0723. The molecule has 0 spiro atoms. The Morgan fingerprint density at radius 1 is 0.971 bits per heavy atom. The third-order valence-electron chi connectivity index (χ3n) is 14.2. The highest BCUT2D eigenvalue weighted by Crippen LogP contribution is 2.44. The summed E-state index contributed by atoms with van der Waals surface area (Å²) >= 11 is 0. The molecule has 5 heterocycles. The number of nitrogens with zero attached hydrogens (tertiary/aromatic N) is 5. The van der Waals surface area contributed by atoms with Crippen LogP contribution in [-0.2, 0) is 49.3 Å². The summed E-state index contributed by atoms with van der Waals surface area (Å²) in [5.41, 5.74) is -0.867. The number of carbonyl (C=O) groups is 5. The number of likely N-dealkylation sites (N-methyl/N-ethyl adjacent to an activating group) is 1. The molecule has 16 nitrogen and oxygen atoms in total. The van der Waals surface area contributed by atoms with Crippen LogP contribution in [0.4, 0.5) is 4.79 Å². The number of pyridine rings is 1. The lowest BCUT2D eigenvalue weighted by atomic mass is 9.72. The Morgan fingerprint density at radius 2 is 1.69 bits per heavy atom. The van der Waals surface area contributed by atoms with Gasteiger partial charge in [0.1, 0.15) is 17.8 Å². The maximum absolute atomic E-state index is 15.1. The minimum atomic E-state index is -1.56. The molecule has 3 aliphatic rings. The summed E-state index contributed by atoms with van der Waals surface area (Å²) in [5, 5.41) is 0. The first-order chi connectivity index (χ1) is 32.4. The zero-order chi connectivity index (χ0) is 49.5. The Kier molecular flexibility index (Phi) is 17.2. The van der Waals surface area contributed by atoms with Gasteiger partial charge in [-0.3, -0.25) is 24.3 Å². The van der Waals surface area contributed by atoms with Gasteiger partial charge in [0, 0.05) is 62.1 Å². The number of aryl methyl sites for hydroxylation is 1. The molecule has 16 heteroatoms. The van der Waals surface area contributed by atoms with E-state index in [-0.39, 0.29) is 37.3 Å². The first-order valence-corrected chi connectivity index (χ1v) is 24.0. The first kappa shape index (κ1) is 52.1. The molecule has 0 N–H and O–H groups in total. The van der Waals surface area contributed by atoms with Gasteiger partial charge in [0.2, 0.25) is 0 Å². The molecular weight excluding hydrogens is 871 g/mol. The first-order valence-electron chi connectivity index (χ1n) is 24.0.